The molecule has 0 atom stereocenters. The molecule has 1 aliphatic rings. The van der Waals surface area contributed by atoms with E-state index in [2.05, 4.69) is 5.16 Å². The molecule has 0 heterocycles. The Morgan fingerprint density at radius 1 is 1.40 bits per heavy atom. The molecule has 5 heteroatoms. The molecule has 1 aromatic carbocycles. The minimum Gasteiger partial charge on any atom is -0.476 e. The molecule has 4 nitrogen and oxygen atoms in total. The van der Waals surface area contributed by atoms with Gasteiger partial charge >= 0.3 is 5.97 Å². The van der Waals surface area contributed by atoms with E-state index < -0.39 is 17.4 Å². The largest absolute Gasteiger partial charge is 0.476 e. The molecule has 1 fully saturated rings. The third-order valence-electron chi connectivity index (χ3n) is 3.82. The van der Waals surface area contributed by atoms with Gasteiger partial charge in [-0.3, -0.25) is 0 Å². The second-order valence-electron chi connectivity index (χ2n) is 5.06. The topological polar surface area (TPSA) is 58.9 Å². The van der Waals surface area contributed by atoms with Crippen molar-refractivity contribution in [3.8, 4) is 0 Å². The Hall–Kier alpha value is -1.91. The van der Waals surface area contributed by atoms with E-state index >= 15 is 0 Å². The molecule has 1 N–H and O–H groups in total. The smallest absolute Gasteiger partial charge is 0.358 e. The lowest BCUT2D eigenvalue weighted by atomic mass is 9.99. The number of hydrogen-bond donors (Lipinski definition) is 1. The van der Waals surface area contributed by atoms with Crippen molar-refractivity contribution in [1.29, 1.82) is 0 Å². The van der Waals surface area contributed by atoms with Crippen LogP contribution in [0, 0.1) is 5.82 Å². The standard InChI is InChI=1S/C15H18FNO3/c1-2-15(9-5-6-10-15)20-17-13(14(18)19)11-7-3-4-8-12(11)16/h3-4,7-8H,2,5-6,9-10H2,1H3,(H,18,19)/b17-13-. The Morgan fingerprint density at radius 2 is 2.05 bits per heavy atom. The summed E-state index contributed by atoms with van der Waals surface area (Å²) >= 11 is 0. The fourth-order valence-electron chi connectivity index (χ4n) is 2.53. The molecular weight excluding hydrogens is 261 g/mol. The number of carboxylic acid groups (broad SMARTS) is 1. The summed E-state index contributed by atoms with van der Waals surface area (Å²) in [6.45, 7) is 1.99. The van der Waals surface area contributed by atoms with Crippen LogP contribution in [0.3, 0.4) is 0 Å². The quantitative estimate of drug-likeness (QED) is 0.664. The van der Waals surface area contributed by atoms with Gasteiger partial charge in [0.15, 0.2) is 5.71 Å². The van der Waals surface area contributed by atoms with E-state index in [0.717, 1.165) is 32.1 Å². The first-order valence-corrected chi connectivity index (χ1v) is 6.82. The van der Waals surface area contributed by atoms with Crippen LogP contribution in [0.2, 0.25) is 0 Å². The van der Waals surface area contributed by atoms with Crippen LogP contribution in [-0.4, -0.2) is 22.4 Å². The zero-order valence-electron chi connectivity index (χ0n) is 11.4. The van der Waals surface area contributed by atoms with Crippen LogP contribution in [0.5, 0.6) is 0 Å². The summed E-state index contributed by atoms with van der Waals surface area (Å²) in [5, 5.41) is 13.0. The molecule has 0 unspecified atom stereocenters. The molecule has 20 heavy (non-hydrogen) atoms. The fourth-order valence-corrected chi connectivity index (χ4v) is 2.53. The fraction of sp³-hybridized carbons (Fsp3) is 0.467. The molecular formula is C15H18FNO3. The van der Waals surface area contributed by atoms with Gasteiger partial charge in [-0.25, -0.2) is 9.18 Å². The van der Waals surface area contributed by atoms with Gasteiger partial charge in [-0.05, 0) is 44.2 Å². The summed E-state index contributed by atoms with van der Waals surface area (Å²) in [4.78, 5) is 16.8. The lowest BCUT2D eigenvalue weighted by molar-refractivity contribution is -0.129. The van der Waals surface area contributed by atoms with Crippen molar-refractivity contribution in [1.82, 2.24) is 0 Å². The molecule has 1 saturated carbocycles. The Labute approximate surface area is 117 Å². The van der Waals surface area contributed by atoms with Crippen LogP contribution in [-0.2, 0) is 9.63 Å². The zero-order chi connectivity index (χ0) is 14.6. The lowest BCUT2D eigenvalue weighted by Crippen LogP contribution is -2.27. The minimum absolute atomic E-state index is 0.0516. The summed E-state index contributed by atoms with van der Waals surface area (Å²) in [7, 11) is 0. The van der Waals surface area contributed by atoms with Crippen molar-refractivity contribution in [2.75, 3.05) is 0 Å². The van der Waals surface area contributed by atoms with Crippen molar-refractivity contribution in [3.63, 3.8) is 0 Å². The van der Waals surface area contributed by atoms with Gasteiger partial charge in [0, 0.05) is 5.56 Å². The van der Waals surface area contributed by atoms with E-state index in [1.165, 1.54) is 18.2 Å². The summed E-state index contributed by atoms with van der Waals surface area (Å²) in [5.41, 5.74) is -0.835. The Bertz CT molecular complexity index is 522. The van der Waals surface area contributed by atoms with Gasteiger partial charge in [-0.15, -0.1) is 0 Å². The number of aliphatic carboxylic acids is 1. The molecule has 0 spiro atoms. The molecule has 0 aromatic heterocycles. The van der Waals surface area contributed by atoms with Crippen molar-refractivity contribution in [2.24, 2.45) is 5.16 Å². The number of halogens is 1. The maximum atomic E-state index is 13.7. The van der Waals surface area contributed by atoms with Crippen LogP contribution < -0.4 is 0 Å². The second-order valence-corrected chi connectivity index (χ2v) is 5.06. The van der Waals surface area contributed by atoms with E-state index in [1.807, 2.05) is 6.92 Å². The van der Waals surface area contributed by atoms with Crippen molar-refractivity contribution < 1.29 is 19.1 Å². The monoisotopic (exact) mass is 279 g/mol. The number of nitrogens with zero attached hydrogens (tertiary/aromatic N) is 1. The van der Waals surface area contributed by atoms with Crippen molar-refractivity contribution >= 4 is 11.7 Å². The molecule has 0 radical (unpaired) electrons. The predicted octanol–water partition coefficient (Wildman–Crippen LogP) is 3.35. The van der Waals surface area contributed by atoms with Gasteiger partial charge in [0.05, 0.1) is 0 Å². The first-order valence-electron chi connectivity index (χ1n) is 6.82. The van der Waals surface area contributed by atoms with Crippen LogP contribution in [0.1, 0.15) is 44.6 Å². The highest BCUT2D eigenvalue weighted by Gasteiger charge is 2.35. The summed E-state index contributed by atoms with van der Waals surface area (Å²) in [6, 6.07) is 5.67. The minimum atomic E-state index is -1.29. The van der Waals surface area contributed by atoms with Gasteiger partial charge in [0.25, 0.3) is 0 Å². The third-order valence-corrected chi connectivity index (χ3v) is 3.82. The van der Waals surface area contributed by atoms with Crippen molar-refractivity contribution in [2.45, 2.75) is 44.6 Å². The third kappa shape index (κ3) is 2.98. The van der Waals surface area contributed by atoms with Gasteiger partial charge in [-0.1, -0.05) is 24.2 Å². The number of benzene rings is 1. The Balaban J connectivity index is 2.27. The molecule has 0 saturated heterocycles. The second kappa shape index (κ2) is 6.03. The van der Waals surface area contributed by atoms with Crippen molar-refractivity contribution in [3.05, 3.63) is 35.6 Å². The van der Waals surface area contributed by atoms with E-state index in [-0.39, 0.29) is 11.3 Å². The average molecular weight is 279 g/mol. The Morgan fingerprint density at radius 3 is 2.60 bits per heavy atom. The maximum absolute atomic E-state index is 13.7. The number of carboxylic acids is 1. The summed E-state index contributed by atoms with van der Waals surface area (Å²) < 4.78 is 13.7. The molecule has 0 bridgehead atoms. The van der Waals surface area contributed by atoms with Gasteiger partial charge in [0.1, 0.15) is 11.4 Å². The molecule has 108 valence electrons. The van der Waals surface area contributed by atoms with E-state index in [1.54, 1.807) is 6.07 Å². The highest BCUT2D eigenvalue weighted by atomic mass is 19.1. The first-order chi connectivity index (χ1) is 9.58. The molecule has 0 amide bonds. The summed E-state index contributed by atoms with van der Waals surface area (Å²) in [6.07, 6.45) is 4.58. The van der Waals surface area contributed by atoms with Crippen LogP contribution in [0.25, 0.3) is 0 Å². The van der Waals surface area contributed by atoms with Gasteiger partial charge in [-0.2, -0.15) is 0 Å². The number of hydrogen-bond acceptors (Lipinski definition) is 3. The zero-order valence-corrected chi connectivity index (χ0v) is 11.4. The normalized spacial score (nSPS) is 18.0. The first kappa shape index (κ1) is 14.5. The van der Waals surface area contributed by atoms with Gasteiger partial charge in [0.2, 0.25) is 0 Å². The molecule has 0 aliphatic heterocycles. The summed E-state index contributed by atoms with van der Waals surface area (Å²) in [5.74, 6) is -1.91. The highest BCUT2D eigenvalue weighted by Crippen LogP contribution is 2.36. The van der Waals surface area contributed by atoms with Crippen LogP contribution >= 0.6 is 0 Å². The van der Waals surface area contributed by atoms with E-state index in [0.29, 0.717) is 0 Å². The van der Waals surface area contributed by atoms with E-state index in [4.69, 9.17) is 4.84 Å². The highest BCUT2D eigenvalue weighted by molar-refractivity contribution is 6.42. The Kier molecular flexibility index (Phi) is 4.37. The van der Waals surface area contributed by atoms with Crippen LogP contribution in [0.15, 0.2) is 29.4 Å². The maximum Gasteiger partial charge on any atom is 0.358 e. The van der Waals surface area contributed by atoms with E-state index in [9.17, 15) is 14.3 Å². The number of carbonyl (C=O) groups is 1. The predicted molar refractivity (Wildman–Crippen MR) is 73.1 cm³/mol. The van der Waals surface area contributed by atoms with Gasteiger partial charge < -0.3 is 9.94 Å². The SMILES string of the molecule is CCC1(O/N=C(\C(=O)O)c2ccccc2F)CCCC1. The lowest BCUT2D eigenvalue weighted by Gasteiger charge is -2.24. The molecule has 1 aliphatic carbocycles. The molecule has 1 aromatic rings. The number of oxime groups is 1. The molecule has 2 rings (SSSR count). The average Bonchev–Trinajstić information content (AvgIpc) is 2.90. The number of rotatable bonds is 5. The van der Waals surface area contributed by atoms with Crippen LogP contribution in [0.4, 0.5) is 4.39 Å².